The molecule has 2 N–H and O–H groups in total. The molecule has 170 valence electrons. The fourth-order valence-corrected chi connectivity index (χ4v) is 3.28. The van der Waals surface area contributed by atoms with Crippen LogP contribution in [0.4, 0.5) is 11.4 Å². The SMILES string of the molecule is CCCCOc1ccc(C(=O)NC(=S)Nc2cccc(C(=O)N(C)c3ccccc3)c2)cc1. The average molecular weight is 462 g/mol. The molecule has 7 heteroatoms. The van der Waals surface area contributed by atoms with E-state index < -0.39 is 0 Å². The van der Waals surface area contributed by atoms with Gasteiger partial charge in [0, 0.05) is 29.5 Å². The fraction of sp³-hybridized carbons (Fsp3) is 0.192. The minimum Gasteiger partial charge on any atom is -0.494 e. The number of benzene rings is 3. The average Bonchev–Trinajstić information content (AvgIpc) is 2.84. The molecule has 3 aromatic carbocycles. The van der Waals surface area contributed by atoms with Gasteiger partial charge in [-0.05, 0) is 73.2 Å². The van der Waals surface area contributed by atoms with Crippen molar-refractivity contribution in [3.8, 4) is 5.75 Å². The number of nitrogens with one attached hydrogen (secondary N) is 2. The van der Waals surface area contributed by atoms with E-state index in [0.29, 0.717) is 23.4 Å². The molecule has 2 amide bonds. The summed E-state index contributed by atoms with van der Waals surface area (Å²) in [6, 6.07) is 23.3. The summed E-state index contributed by atoms with van der Waals surface area (Å²) in [5.41, 5.74) is 2.37. The maximum atomic E-state index is 12.8. The van der Waals surface area contributed by atoms with Gasteiger partial charge in [0.1, 0.15) is 5.75 Å². The van der Waals surface area contributed by atoms with Crippen molar-refractivity contribution in [1.82, 2.24) is 5.32 Å². The fourth-order valence-electron chi connectivity index (χ4n) is 3.07. The third kappa shape index (κ3) is 6.89. The van der Waals surface area contributed by atoms with Crippen LogP contribution in [0.25, 0.3) is 0 Å². The normalized spacial score (nSPS) is 10.2. The van der Waals surface area contributed by atoms with E-state index in [4.69, 9.17) is 17.0 Å². The molecule has 0 aliphatic rings. The quantitative estimate of drug-likeness (QED) is 0.353. The van der Waals surface area contributed by atoms with E-state index in [1.54, 1.807) is 60.5 Å². The number of para-hydroxylation sites is 1. The molecule has 6 nitrogen and oxygen atoms in total. The number of hydrogen-bond donors (Lipinski definition) is 2. The summed E-state index contributed by atoms with van der Waals surface area (Å²) in [6.07, 6.45) is 2.04. The van der Waals surface area contributed by atoms with Gasteiger partial charge in [-0.15, -0.1) is 0 Å². The van der Waals surface area contributed by atoms with E-state index in [2.05, 4.69) is 17.6 Å². The molecule has 0 aliphatic carbocycles. The van der Waals surface area contributed by atoms with Gasteiger partial charge in [-0.3, -0.25) is 14.9 Å². The molecular formula is C26H27N3O3S. The monoisotopic (exact) mass is 461 g/mol. The number of nitrogens with zero attached hydrogens (tertiary/aromatic N) is 1. The zero-order valence-corrected chi connectivity index (χ0v) is 19.5. The van der Waals surface area contributed by atoms with Gasteiger partial charge < -0.3 is 15.0 Å². The van der Waals surface area contributed by atoms with Crippen molar-refractivity contribution in [1.29, 1.82) is 0 Å². The van der Waals surface area contributed by atoms with Gasteiger partial charge >= 0.3 is 0 Å². The largest absolute Gasteiger partial charge is 0.494 e. The predicted molar refractivity (Wildman–Crippen MR) is 136 cm³/mol. The van der Waals surface area contributed by atoms with Crippen molar-refractivity contribution in [3.63, 3.8) is 0 Å². The molecule has 33 heavy (non-hydrogen) atoms. The van der Waals surface area contributed by atoms with Crippen LogP contribution in [0, 0.1) is 0 Å². The van der Waals surface area contributed by atoms with Gasteiger partial charge in [-0.2, -0.15) is 0 Å². The standard InChI is InChI=1S/C26H27N3O3S/c1-3-4-17-32-23-15-13-19(14-16-23)24(30)28-26(33)27-21-10-8-9-20(18-21)25(31)29(2)22-11-6-5-7-12-22/h5-16,18H,3-4,17H2,1-2H3,(H2,27,28,30,33). The Morgan fingerprint density at radius 3 is 2.36 bits per heavy atom. The first kappa shape index (κ1) is 23.9. The molecule has 3 aromatic rings. The lowest BCUT2D eigenvalue weighted by Gasteiger charge is -2.18. The number of carbonyl (C=O) groups excluding carboxylic acids is 2. The third-order valence-electron chi connectivity index (χ3n) is 4.93. The number of unbranched alkanes of at least 4 members (excludes halogenated alkanes) is 1. The summed E-state index contributed by atoms with van der Waals surface area (Å²) < 4.78 is 5.62. The lowest BCUT2D eigenvalue weighted by molar-refractivity contribution is 0.0974. The molecule has 0 bridgehead atoms. The molecule has 0 unspecified atom stereocenters. The van der Waals surface area contributed by atoms with Crippen LogP contribution < -0.4 is 20.3 Å². The van der Waals surface area contributed by atoms with Crippen molar-refractivity contribution in [2.24, 2.45) is 0 Å². The number of amides is 2. The number of ether oxygens (including phenoxy) is 1. The minimum absolute atomic E-state index is 0.143. The molecule has 0 radical (unpaired) electrons. The van der Waals surface area contributed by atoms with Crippen LogP contribution in [0.3, 0.4) is 0 Å². The van der Waals surface area contributed by atoms with Crippen molar-refractivity contribution in [2.45, 2.75) is 19.8 Å². The molecule has 0 spiro atoms. The second-order valence-corrected chi connectivity index (χ2v) is 7.82. The Hall–Kier alpha value is -3.71. The Morgan fingerprint density at radius 1 is 0.939 bits per heavy atom. The van der Waals surface area contributed by atoms with E-state index in [0.717, 1.165) is 24.3 Å². The number of thiocarbonyl (C=S) groups is 1. The third-order valence-corrected chi connectivity index (χ3v) is 5.13. The number of rotatable bonds is 8. The van der Waals surface area contributed by atoms with Crippen molar-refractivity contribution in [2.75, 3.05) is 23.9 Å². The van der Waals surface area contributed by atoms with Gasteiger partial charge in [-0.1, -0.05) is 37.6 Å². The molecule has 0 saturated carbocycles. The highest BCUT2D eigenvalue weighted by atomic mass is 32.1. The van der Waals surface area contributed by atoms with Crippen LogP contribution >= 0.6 is 12.2 Å². The van der Waals surface area contributed by atoms with E-state index in [1.807, 2.05) is 30.3 Å². The van der Waals surface area contributed by atoms with E-state index in [1.165, 1.54) is 0 Å². The minimum atomic E-state index is -0.330. The number of hydrogen-bond acceptors (Lipinski definition) is 4. The number of anilines is 2. The summed E-state index contributed by atoms with van der Waals surface area (Å²) in [6.45, 7) is 2.75. The van der Waals surface area contributed by atoms with Gasteiger partial charge in [0.05, 0.1) is 6.61 Å². The Labute approximate surface area is 199 Å². The molecule has 0 aliphatic heterocycles. The van der Waals surface area contributed by atoms with Gasteiger partial charge in [0.25, 0.3) is 11.8 Å². The Balaban J connectivity index is 1.58. The molecule has 0 heterocycles. The van der Waals surface area contributed by atoms with Crippen LogP contribution in [0.5, 0.6) is 5.75 Å². The predicted octanol–water partition coefficient (Wildman–Crippen LogP) is 5.27. The Morgan fingerprint density at radius 2 is 1.67 bits per heavy atom. The summed E-state index contributed by atoms with van der Waals surface area (Å²) in [5.74, 6) is 0.243. The summed E-state index contributed by atoms with van der Waals surface area (Å²) in [5, 5.41) is 5.77. The van der Waals surface area contributed by atoms with Crippen LogP contribution in [-0.4, -0.2) is 30.6 Å². The van der Waals surface area contributed by atoms with Crippen molar-refractivity contribution >= 4 is 40.5 Å². The molecule has 0 saturated heterocycles. The van der Waals surface area contributed by atoms with Crippen LogP contribution in [0.1, 0.15) is 40.5 Å². The highest BCUT2D eigenvalue weighted by molar-refractivity contribution is 7.80. The Bertz CT molecular complexity index is 1100. The van der Waals surface area contributed by atoms with Gasteiger partial charge in [0.2, 0.25) is 0 Å². The van der Waals surface area contributed by atoms with Crippen molar-refractivity contribution in [3.05, 3.63) is 90.0 Å². The van der Waals surface area contributed by atoms with E-state index in [-0.39, 0.29) is 16.9 Å². The lowest BCUT2D eigenvalue weighted by atomic mass is 10.1. The smallest absolute Gasteiger partial charge is 0.258 e. The summed E-state index contributed by atoms with van der Waals surface area (Å²) in [4.78, 5) is 26.9. The first-order valence-corrected chi connectivity index (χ1v) is 11.2. The molecule has 0 atom stereocenters. The van der Waals surface area contributed by atoms with Crippen LogP contribution in [0.15, 0.2) is 78.9 Å². The summed E-state index contributed by atoms with van der Waals surface area (Å²) in [7, 11) is 1.72. The first-order valence-electron chi connectivity index (χ1n) is 10.8. The topological polar surface area (TPSA) is 70.7 Å². The van der Waals surface area contributed by atoms with Crippen molar-refractivity contribution < 1.29 is 14.3 Å². The lowest BCUT2D eigenvalue weighted by Crippen LogP contribution is -2.34. The highest BCUT2D eigenvalue weighted by Gasteiger charge is 2.14. The first-order chi connectivity index (χ1) is 16.0. The Kier molecular flexibility index (Phi) is 8.55. The number of carbonyl (C=O) groups is 2. The molecule has 0 fully saturated rings. The maximum absolute atomic E-state index is 12.8. The zero-order chi connectivity index (χ0) is 23.6. The van der Waals surface area contributed by atoms with E-state index >= 15 is 0 Å². The molecular weight excluding hydrogens is 434 g/mol. The highest BCUT2D eigenvalue weighted by Crippen LogP contribution is 2.18. The second kappa shape index (κ2) is 11.8. The van der Waals surface area contributed by atoms with Crippen LogP contribution in [0.2, 0.25) is 0 Å². The van der Waals surface area contributed by atoms with Crippen LogP contribution in [-0.2, 0) is 0 Å². The van der Waals surface area contributed by atoms with Gasteiger partial charge in [0.15, 0.2) is 5.11 Å². The van der Waals surface area contributed by atoms with E-state index in [9.17, 15) is 9.59 Å². The zero-order valence-electron chi connectivity index (χ0n) is 18.7. The maximum Gasteiger partial charge on any atom is 0.258 e. The second-order valence-electron chi connectivity index (χ2n) is 7.42. The molecule has 0 aromatic heterocycles. The summed E-state index contributed by atoms with van der Waals surface area (Å²) >= 11 is 5.28. The molecule has 3 rings (SSSR count). The van der Waals surface area contributed by atoms with Gasteiger partial charge in [-0.25, -0.2) is 0 Å².